The monoisotopic (exact) mass is 1010 g/mol. The minimum Gasteiger partial charge on any atom is -0.309 e. The molecular weight excluding hydrogens is 961 g/mol. The standard InChI is InChI=1S/C73H52N6/c1-43-7-27-66-59(33-43)60-34-44(2)8-28-67(60)77(66)55-21-15-49(16-22-55)65-40-58(52-13-14-53(41-74)54(39-52)42-75)72(50-17-23-56(24-18-50)78-68-29-9-45(3)35-61(68)62-36-46(4)10-30-69(62)78)73(76-65)51-19-25-57(26-20-51)79-70-31-11-47(5)37-63(70)64-38-48(6)12-32-71(64)79/h7-40H,1-6H3. The van der Waals surface area contributed by atoms with Gasteiger partial charge in [0.25, 0.3) is 0 Å². The molecule has 0 saturated heterocycles. The summed E-state index contributed by atoms with van der Waals surface area (Å²) in [5.41, 5.74) is 25.1. The Morgan fingerprint density at radius 2 is 0.620 bits per heavy atom. The van der Waals surface area contributed by atoms with Gasteiger partial charge in [-0.05, 0) is 186 Å². The third-order valence-corrected chi connectivity index (χ3v) is 16.1. The van der Waals surface area contributed by atoms with Gasteiger partial charge in [0.15, 0.2) is 0 Å². The van der Waals surface area contributed by atoms with Gasteiger partial charge in [0.05, 0.1) is 55.6 Å². The fourth-order valence-corrected chi connectivity index (χ4v) is 12.2. The summed E-state index contributed by atoms with van der Waals surface area (Å²) in [5.74, 6) is 0. The van der Waals surface area contributed by atoms with Gasteiger partial charge in [-0.25, -0.2) is 4.98 Å². The quantitative estimate of drug-likeness (QED) is 0.160. The zero-order valence-corrected chi connectivity index (χ0v) is 44.8. The number of hydrogen-bond donors (Lipinski definition) is 0. The van der Waals surface area contributed by atoms with E-state index in [9.17, 15) is 10.5 Å². The summed E-state index contributed by atoms with van der Waals surface area (Å²) in [6.45, 7) is 12.9. The molecule has 374 valence electrons. The van der Waals surface area contributed by atoms with E-state index in [1.165, 1.54) is 65.7 Å². The Labute approximate surface area is 458 Å². The maximum atomic E-state index is 10.5. The number of fused-ring (bicyclic) bond motifs is 9. The van der Waals surface area contributed by atoms with E-state index in [1.54, 1.807) is 6.07 Å². The molecule has 10 aromatic carbocycles. The van der Waals surface area contributed by atoms with Crippen LogP contribution in [-0.2, 0) is 0 Å². The van der Waals surface area contributed by atoms with E-state index >= 15 is 0 Å². The van der Waals surface area contributed by atoms with Gasteiger partial charge in [0.2, 0.25) is 0 Å². The average molecular weight is 1010 g/mol. The third kappa shape index (κ3) is 7.72. The first-order chi connectivity index (χ1) is 38.5. The van der Waals surface area contributed by atoms with Crippen molar-refractivity contribution < 1.29 is 0 Å². The van der Waals surface area contributed by atoms with Crippen molar-refractivity contribution >= 4 is 65.4 Å². The van der Waals surface area contributed by atoms with Crippen LogP contribution >= 0.6 is 0 Å². The highest BCUT2D eigenvalue weighted by molar-refractivity contribution is 6.12. The molecule has 0 saturated carbocycles. The molecule has 0 unspecified atom stereocenters. The molecule has 14 rings (SSSR count). The van der Waals surface area contributed by atoms with Gasteiger partial charge in [-0.15, -0.1) is 0 Å². The Balaban J connectivity index is 0.988. The van der Waals surface area contributed by atoms with Crippen LogP contribution in [-0.4, -0.2) is 18.7 Å². The van der Waals surface area contributed by atoms with Crippen molar-refractivity contribution in [1.82, 2.24) is 18.7 Å². The van der Waals surface area contributed by atoms with Crippen molar-refractivity contribution in [3.05, 3.63) is 251 Å². The van der Waals surface area contributed by atoms with Crippen molar-refractivity contribution in [3.8, 4) is 74.0 Å². The molecule has 0 fully saturated rings. The average Bonchev–Trinajstić information content (AvgIpc) is 4.28. The number of nitrogens with zero attached hydrogens (tertiary/aromatic N) is 6. The fraction of sp³-hybridized carbons (Fsp3) is 0.0822. The van der Waals surface area contributed by atoms with Crippen molar-refractivity contribution in [1.29, 1.82) is 10.5 Å². The zero-order valence-electron chi connectivity index (χ0n) is 44.8. The second kappa shape index (κ2) is 18.2. The fourth-order valence-electron chi connectivity index (χ4n) is 12.2. The van der Waals surface area contributed by atoms with Crippen LogP contribution in [0.3, 0.4) is 0 Å². The van der Waals surface area contributed by atoms with Gasteiger partial charge in [-0.2, -0.15) is 10.5 Å². The van der Waals surface area contributed by atoms with E-state index in [0.717, 1.165) is 94.9 Å². The summed E-state index contributed by atoms with van der Waals surface area (Å²) in [4.78, 5) is 5.71. The maximum absolute atomic E-state index is 10.5. The number of rotatable bonds is 7. The van der Waals surface area contributed by atoms with Gasteiger partial charge in [0, 0.05) is 66.1 Å². The molecule has 0 atom stereocenters. The predicted molar refractivity (Wildman–Crippen MR) is 327 cm³/mol. The van der Waals surface area contributed by atoms with Gasteiger partial charge in [-0.3, -0.25) is 0 Å². The predicted octanol–water partition coefficient (Wildman–Crippen LogP) is 18.6. The van der Waals surface area contributed by atoms with E-state index in [2.05, 4.69) is 255 Å². The first kappa shape index (κ1) is 47.2. The Morgan fingerprint density at radius 1 is 0.304 bits per heavy atom. The number of aryl methyl sites for hydroxylation is 6. The van der Waals surface area contributed by atoms with Crippen LogP contribution in [0.25, 0.3) is 127 Å². The third-order valence-electron chi connectivity index (χ3n) is 16.1. The smallest absolute Gasteiger partial charge is 0.101 e. The highest BCUT2D eigenvalue weighted by Crippen LogP contribution is 2.44. The van der Waals surface area contributed by atoms with Crippen LogP contribution in [0.4, 0.5) is 0 Å². The van der Waals surface area contributed by atoms with Gasteiger partial charge >= 0.3 is 0 Å². The van der Waals surface area contributed by atoms with Gasteiger partial charge in [0.1, 0.15) is 12.1 Å². The van der Waals surface area contributed by atoms with Gasteiger partial charge in [-0.1, -0.05) is 112 Å². The molecule has 0 radical (unpaired) electrons. The summed E-state index contributed by atoms with van der Waals surface area (Å²) >= 11 is 0. The summed E-state index contributed by atoms with van der Waals surface area (Å²) in [7, 11) is 0. The molecular formula is C73H52N6. The Kier molecular flexibility index (Phi) is 10.9. The molecule has 0 bridgehead atoms. The molecule has 0 aliphatic carbocycles. The molecule has 79 heavy (non-hydrogen) atoms. The number of nitriles is 2. The molecule has 0 aliphatic heterocycles. The summed E-state index contributed by atoms with van der Waals surface area (Å²) in [5, 5.41) is 28.0. The SMILES string of the molecule is Cc1ccc2c(c1)c1cc(C)ccc1n2-c1ccc(-c2cc(-c3ccc(C#N)c(C#N)c3)c(-c3ccc(-n4c5ccc(C)cc5c5cc(C)ccc54)cc3)c(-c3ccc(-n4c5ccc(C)cc5c5cc(C)ccc54)cc3)n2)cc1. The molecule has 0 spiro atoms. The molecule has 4 aromatic heterocycles. The Bertz CT molecular complexity index is 4770. The van der Waals surface area contributed by atoms with Crippen molar-refractivity contribution in [2.24, 2.45) is 0 Å². The Hall–Kier alpha value is -10.3. The van der Waals surface area contributed by atoms with Crippen LogP contribution in [0.15, 0.2) is 206 Å². The van der Waals surface area contributed by atoms with E-state index in [4.69, 9.17) is 4.98 Å². The lowest BCUT2D eigenvalue weighted by Gasteiger charge is -2.19. The number of benzene rings is 10. The summed E-state index contributed by atoms with van der Waals surface area (Å²) < 4.78 is 7.07. The van der Waals surface area contributed by atoms with E-state index < -0.39 is 0 Å². The maximum Gasteiger partial charge on any atom is 0.101 e. The number of aromatic nitrogens is 4. The molecule has 6 nitrogen and oxygen atoms in total. The van der Waals surface area contributed by atoms with E-state index in [0.29, 0.717) is 11.1 Å². The molecule has 0 N–H and O–H groups in total. The van der Waals surface area contributed by atoms with Crippen LogP contribution < -0.4 is 0 Å². The lowest BCUT2D eigenvalue weighted by Crippen LogP contribution is -2.00. The van der Waals surface area contributed by atoms with Gasteiger partial charge < -0.3 is 13.7 Å². The lowest BCUT2D eigenvalue weighted by atomic mass is 9.88. The zero-order chi connectivity index (χ0) is 53.8. The van der Waals surface area contributed by atoms with E-state index in [1.807, 2.05) is 12.1 Å². The lowest BCUT2D eigenvalue weighted by molar-refractivity contribution is 1.17. The first-order valence-electron chi connectivity index (χ1n) is 26.9. The van der Waals surface area contributed by atoms with Crippen molar-refractivity contribution in [3.63, 3.8) is 0 Å². The second-order valence-corrected chi connectivity index (χ2v) is 21.5. The number of pyridine rings is 1. The van der Waals surface area contributed by atoms with Crippen molar-refractivity contribution in [2.45, 2.75) is 41.5 Å². The summed E-state index contributed by atoms with van der Waals surface area (Å²) in [6.07, 6.45) is 0. The summed E-state index contributed by atoms with van der Waals surface area (Å²) in [6, 6.07) is 78.9. The minimum atomic E-state index is 0.319. The Morgan fingerprint density at radius 3 is 0.962 bits per heavy atom. The second-order valence-electron chi connectivity index (χ2n) is 21.5. The molecule has 6 heteroatoms. The number of hydrogen-bond acceptors (Lipinski definition) is 3. The van der Waals surface area contributed by atoms with Crippen LogP contribution in [0, 0.1) is 64.2 Å². The first-order valence-corrected chi connectivity index (χ1v) is 26.9. The van der Waals surface area contributed by atoms with Crippen LogP contribution in [0.2, 0.25) is 0 Å². The molecule has 0 amide bonds. The normalized spacial score (nSPS) is 11.6. The van der Waals surface area contributed by atoms with E-state index in [-0.39, 0.29) is 0 Å². The highest BCUT2D eigenvalue weighted by Gasteiger charge is 2.23. The topological polar surface area (TPSA) is 75.3 Å². The molecule has 4 heterocycles. The molecule has 14 aromatic rings. The van der Waals surface area contributed by atoms with Crippen molar-refractivity contribution in [2.75, 3.05) is 0 Å². The minimum absolute atomic E-state index is 0.319. The largest absolute Gasteiger partial charge is 0.309 e. The molecule has 0 aliphatic rings. The highest BCUT2D eigenvalue weighted by atomic mass is 15.0. The van der Waals surface area contributed by atoms with Crippen LogP contribution in [0.1, 0.15) is 44.5 Å². The van der Waals surface area contributed by atoms with Crippen LogP contribution in [0.5, 0.6) is 0 Å².